The minimum Gasteiger partial charge on any atom is -0.480 e. The molecule has 0 aromatic carbocycles. The van der Waals surface area contributed by atoms with E-state index < -0.39 is 34.2 Å². The Hall–Kier alpha value is -0.430. The van der Waals surface area contributed by atoms with Crippen LogP contribution in [0.5, 0.6) is 0 Å². The van der Waals surface area contributed by atoms with Gasteiger partial charge in [-0.25, -0.2) is 0 Å². The molecule has 0 spiro atoms. The van der Waals surface area contributed by atoms with Crippen LogP contribution in [0.2, 0.25) is 0 Å². The maximum Gasteiger partial charge on any atom is 0.320 e. The van der Waals surface area contributed by atoms with E-state index in [1.54, 1.807) is 0 Å². The fourth-order valence-electron chi connectivity index (χ4n) is 0.416. The minimum atomic E-state index is -2.61. The molecule has 16 heavy (non-hydrogen) atoms. The summed E-state index contributed by atoms with van der Waals surface area (Å²) in [5.41, 5.74) is 5.13. The van der Waals surface area contributed by atoms with Gasteiger partial charge in [0.1, 0.15) is 6.04 Å². The first-order valence-electron chi connectivity index (χ1n) is 3.35. The molecule has 0 saturated carbocycles. The molecule has 0 saturated heterocycles. The number of rotatable bonds is 4. The van der Waals surface area contributed by atoms with Crippen molar-refractivity contribution >= 4 is 28.1 Å². The highest BCUT2D eigenvalue weighted by Crippen LogP contribution is 1.89. The van der Waals surface area contributed by atoms with Gasteiger partial charge in [-0.15, -0.1) is 0 Å². The maximum atomic E-state index is 10.4. The third kappa shape index (κ3) is 29.2. The summed E-state index contributed by atoms with van der Waals surface area (Å²) in [5, 5.41) is 8.27. The molecule has 0 bridgehead atoms. The Morgan fingerprint density at radius 1 is 1.31 bits per heavy atom. The van der Waals surface area contributed by atoms with Gasteiger partial charge in [-0.05, 0) is 6.42 Å². The summed E-state index contributed by atoms with van der Waals surface area (Å²) in [6.45, 7) is 0. The lowest BCUT2D eigenvalue weighted by Crippen LogP contribution is -2.31. The molecule has 0 fully saturated rings. The van der Waals surface area contributed by atoms with Crippen molar-refractivity contribution in [3.63, 3.8) is 0 Å². The van der Waals surface area contributed by atoms with Gasteiger partial charge in [0.2, 0.25) is 0 Å². The SMILES string of the molecule is CS(=O)CCC(N)C(=O)O.N.N.O=S(O)O. The van der Waals surface area contributed by atoms with Crippen LogP contribution in [0.1, 0.15) is 6.42 Å². The van der Waals surface area contributed by atoms with Crippen molar-refractivity contribution in [1.82, 2.24) is 12.3 Å². The van der Waals surface area contributed by atoms with Crippen LogP contribution < -0.4 is 18.0 Å². The molecule has 0 radical (unpaired) electrons. The van der Waals surface area contributed by atoms with Gasteiger partial charge < -0.3 is 23.1 Å². The summed E-state index contributed by atoms with van der Waals surface area (Å²) in [4.78, 5) is 10.1. The molecule has 0 aliphatic heterocycles. The molecule has 9 nitrogen and oxygen atoms in total. The molecule has 102 valence electrons. The van der Waals surface area contributed by atoms with Gasteiger partial charge in [0.05, 0.1) is 0 Å². The van der Waals surface area contributed by atoms with Crippen molar-refractivity contribution in [2.24, 2.45) is 5.73 Å². The monoisotopic (exact) mass is 281 g/mol. The Morgan fingerprint density at radius 2 is 1.62 bits per heavy atom. The van der Waals surface area contributed by atoms with Gasteiger partial charge >= 0.3 is 5.97 Å². The van der Waals surface area contributed by atoms with Gasteiger partial charge in [-0.1, -0.05) is 0 Å². The molecule has 11 heteroatoms. The number of hydrogen-bond acceptors (Lipinski definition) is 6. The average molecular weight is 281 g/mol. The van der Waals surface area contributed by atoms with Gasteiger partial charge in [0, 0.05) is 22.8 Å². The standard InChI is InChI=1S/C5H11NO3S.2H3N.H2O3S/c1-10(9)3-2-4(6)5(7)8;;;1-4(2)3/h4H,2-3,6H2,1H3,(H,7,8);2*1H3;(H2,1,2,3). The van der Waals surface area contributed by atoms with E-state index in [1.165, 1.54) is 6.26 Å². The zero-order chi connectivity index (χ0) is 11.7. The lowest BCUT2D eigenvalue weighted by atomic mass is 10.2. The predicted octanol–water partition coefficient (Wildman–Crippen LogP) is -0.828. The third-order valence-electron chi connectivity index (χ3n) is 1.03. The summed E-state index contributed by atoms with van der Waals surface area (Å²) in [6, 6.07) is -0.871. The van der Waals surface area contributed by atoms with Crippen LogP contribution in [0.15, 0.2) is 0 Å². The normalized spacial score (nSPS) is 12.3. The van der Waals surface area contributed by atoms with E-state index in [9.17, 15) is 9.00 Å². The van der Waals surface area contributed by atoms with Crippen molar-refractivity contribution in [1.29, 1.82) is 0 Å². The number of nitrogens with two attached hydrogens (primary N) is 1. The van der Waals surface area contributed by atoms with Crippen LogP contribution in [-0.4, -0.2) is 46.6 Å². The van der Waals surface area contributed by atoms with E-state index >= 15 is 0 Å². The molecular formula is C5H19N3O6S2. The second kappa shape index (κ2) is 14.6. The second-order valence-corrected chi connectivity index (χ2v) is 4.26. The Labute approximate surface area is 98.5 Å². The first kappa shape index (κ1) is 24.7. The van der Waals surface area contributed by atoms with Crippen LogP contribution in [0, 0.1) is 0 Å². The van der Waals surface area contributed by atoms with Crippen LogP contribution in [0.4, 0.5) is 0 Å². The van der Waals surface area contributed by atoms with Crippen molar-refractivity contribution in [2.45, 2.75) is 12.5 Å². The number of hydrogen-bond donors (Lipinski definition) is 6. The van der Waals surface area contributed by atoms with Crippen LogP contribution >= 0.6 is 0 Å². The Balaban J connectivity index is -0.000000105. The van der Waals surface area contributed by atoms with Crippen molar-refractivity contribution in [2.75, 3.05) is 12.0 Å². The number of carboxylic acid groups (broad SMARTS) is 1. The van der Waals surface area contributed by atoms with Crippen molar-refractivity contribution in [3.05, 3.63) is 0 Å². The second-order valence-electron chi connectivity index (χ2n) is 2.24. The fraction of sp³-hybridized carbons (Fsp3) is 0.800. The highest BCUT2D eigenvalue weighted by atomic mass is 32.2. The highest BCUT2D eigenvalue weighted by Gasteiger charge is 2.10. The largest absolute Gasteiger partial charge is 0.480 e. The molecule has 0 aromatic heterocycles. The Bertz CT molecular complexity index is 222. The summed E-state index contributed by atoms with van der Waals surface area (Å²) in [7, 11) is -0.946. The van der Waals surface area contributed by atoms with Crippen LogP contribution in [-0.2, 0) is 27.0 Å². The molecule has 11 N–H and O–H groups in total. The molecule has 2 unspecified atom stereocenters. The molecule has 0 aromatic rings. The van der Waals surface area contributed by atoms with Crippen molar-refractivity contribution in [3.8, 4) is 0 Å². The quantitative estimate of drug-likeness (QED) is 0.354. The molecule has 0 aliphatic rings. The molecule has 0 heterocycles. The molecular weight excluding hydrogens is 262 g/mol. The molecule has 0 amide bonds. The van der Waals surface area contributed by atoms with Crippen molar-refractivity contribution < 1.29 is 27.4 Å². The van der Waals surface area contributed by atoms with E-state index in [-0.39, 0.29) is 18.7 Å². The summed E-state index contributed by atoms with van der Waals surface area (Å²) in [6.07, 6.45) is 1.80. The summed E-state index contributed by atoms with van der Waals surface area (Å²) < 4.78 is 33.3. The lowest BCUT2D eigenvalue weighted by Gasteiger charge is -2.02. The first-order chi connectivity index (χ1) is 6.27. The van der Waals surface area contributed by atoms with Crippen LogP contribution in [0.3, 0.4) is 0 Å². The smallest absolute Gasteiger partial charge is 0.320 e. The predicted molar refractivity (Wildman–Crippen MR) is 62.6 cm³/mol. The molecule has 2 atom stereocenters. The first-order valence-corrected chi connectivity index (χ1v) is 6.14. The van der Waals surface area contributed by atoms with Gasteiger partial charge in [-0.3, -0.25) is 18.1 Å². The number of carboxylic acids is 1. The van der Waals surface area contributed by atoms with E-state index in [0.29, 0.717) is 5.75 Å². The Kier molecular flexibility index (Phi) is 22.5. The van der Waals surface area contributed by atoms with Gasteiger partial charge in [-0.2, -0.15) is 4.21 Å². The van der Waals surface area contributed by atoms with E-state index in [4.69, 9.17) is 24.2 Å². The fourth-order valence-corrected chi connectivity index (χ4v) is 1.00. The summed E-state index contributed by atoms with van der Waals surface area (Å²) >= 11 is -2.61. The lowest BCUT2D eigenvalue weighted by molar-refractivity contribution is -0.138. The van der Waals surface area contributed by atoms with E-state index in [0.717, 1.165) is 0 Å². The topological polar surface area (TPSA) is 208 Å². The zero-order valence-corrected chi connectivity index (χ0v) is 10.5. The van der Waals surface area contributed by atoms with E-state index in [2.05, 4.69) is 0 Å². The zero-order valence-electron chi connectivity index (χ0n) is 8.87. The third-order valence-corrected chi connectivity index (χ3v) is 1.84. The minimum absolute atomic E-state index is 0. The summed E-state index contributed by atoms with van der Waals surface area (Å²) in [5.74, 6) is -0.682. The number of aliphatic carboxylic acids is 1. The van der Waals surface area contributed by atoms with Gasteiger partial charge in [0.25, 0.3) is 11.4 Å². The van der Waals surface area contributed by atoms with Gasteiger partial charge in [0.15, 0.2) is 0 Å². The van der Waals surface area contributed by atoms with E-state index in [1.807, 2.05) is 0 Å². The molecule has 0 aliphatic carbocycles. The maximum absolute atomic E-state index is 10.4. The highest BCUT2D eigenvalue weighted by molar-refractivity contribution is 7.84. The number of carbonyl (C=O) groups is 1. The van der Waals surface area contributed by atoms with Crippen LogP contribution in [0.25, 0.3) is 0 Å². The average Bonchev–Trinajstić information content (AvgIpc) is 1.98. The molecule has 0 rings (SSSR count). The Morgan fingerprint density at radius 3 is 1.81 bits per heavy atom.